The first-order valence-electron chi connectivity index (χ1n) is 8.72. The van der Waals surface area contributed by atoms with Crippen LogP contribution >= 0.6 is 0 Å². The molecule has 6 atom stereocenters. The molecule has 3 unspecified atom stereocenters. The normalized spacial score (nSPS) is 29.0. The molecule has 0 aromatic rings. The van der Waals surface area contributed by atoms with Gasteiger partial charge in [-0.05, 0) is 12.8 Å². The fourth-order valence-corrected chi connectivity index (χ4v) is 2.52. The van der Waals surface area contributed by atoms with Crippen LogP contribution in [0.4, 0.5) is 0 Å². The Morgan fingerprint density at radius 2 is 1.89 bits per heavy atom. The molecule has 1 aliphatic heterocycles. The van der Waals surface area contributed by atoms with Gasteiger partial charge >= 0.3 is 0 Å². The Morgan fingerprint density at radius 1 is 1.19 bits per heavy atom. The Labute approximate surface area is 156 Å². The molecule has 1 fully saturated rings. The summed E-state index contributed by atoms with van der Waals surface area (Å²) in [5.41, 5.74) is 0. The van der Waals surface area contributed by atoms with E-state index in [4.69, 9.17) is 14.6 Å². The molecule has 156 valence electrons. The van der Waals surface area contributed by atoms with Crippen molar-refractivity contribution >= 4 is 18.1 Å². The van der Waals surface area contributed by atoms with Crippen molar-refractivity contribution in [1.82, 2.24) is 10.6 Å². The molecule has 1 heterocycles. The minimum Gasteiger partial charge on any atom is -0.394 e. The van der Waals surface area contributed by atoms with E-state index in [0.29, 0.717) is 19.3 Å². The van der Waals surface area contributed by atoms with Gasteiger partial charge < -0.3 is 45.3 Å². The van der Waals surface area contributed by atoms with Crippen molar-refractivity contribution < 1.29 is 44.3 Å². The summed E-state index contributed by atoms with van der Waals surface area (Å²) in [7, 11) is 0. The number of aliphatic hydroxyl groups is 4. The SMILES string of the molecule is CC(=O)NC(CO)C(=O)NCC1O[C@@H](OCCCCC=O)[C@@H](O)C(O)[C@H]1O. The molecule has 0 aromatic carbocycles. The lowest BCUT2D eigenvalue weighted by atomic mass is 9.98. The molecule has 1 saturated heterocycles. The highest BCUT2D eigenvalue weighted by atomic mass is 16.7. The van der Waals surface area contributed by atoms with E-state index in [1.165, 1.54) is 6.92 Å². The van der Waals surface area contributed by atoms with Gasteiger partial charge in [-0.2, -0.15) is 0 Å². The number of aliphatic hydroxyl groups excluding tert-OH is 4. The summed E-state index contributed by atoms with van der Waals surface area (Å²) >= 11 is 0. The van der Waals surface area contributed by atoms with Gasteiger partial charge in [0.05, 0.1) is 6.61 Å². The zero-order valence-electron chi connectivity index (χ0n) is 15.1. The first-order valence-corrected chi connectivity index (χ1v) is 8.72. The number of hydrogen-bond donors (Lipinski definition) is 6. The van der Waals surface area contributed by atoms with Gasteiger partial charge in [0.15, 0.2) is 6.29 Å². The maximum Gasteiger partial charge on any atom is 0.245 e. The molecular formula is C16H28N2O9. The van der Waals surface area contributed by atoms with Crippen LogP contribution in [0.15, 0.2) is 0 Å². The van der Waals surface area contributed by atoms with Crippen molar-refractivity contribution in [2.45, 2.75) is 62.9 Å². The maximum absolute atomic E-state index is 12.0. The second-order valence-electron chi connectivity index (χ2n) is 6.23. The van der Waals surface area contributed by atoms with Gasteiger partial charge in [0.1, 0.15) is 36.7 Å². The largest absolute Gasteiger partial charge is 0.394 e. The number of aldehydes is 1. The predicted molar refractivity (Wildman–Crippen MR) is 90.2 cm³/mol. The number of unbranched alkanes of at least 4 members (excludes halogenated alkanes) is 2. The van der Waals surface area contributed by atoms with Crippen LogP contribution in [-0.2, 0) is 23.9 Å². The number of hydrogen-bond acceptors (Lipinski definition) is 9. The van der Waals surface area contributed by atoms with Gasteiger partial charge in [-0.25, -0.2) is 0 Å². The van der Waals surface area contributed by atoms with Crippen LogP contribution in [0.25, 0.3) is 0 Å². The Hall–Kier alpha value is -1.63. The summed E-state index contributed by atoms with van der Waals surface area (Å²) in [4.78, 5) is 33.2. The minimum atomic E-state index is -1.55. The van der Waals surface area contributed by atoms with Crippen molar-refractivity contribution in [2.24, 2.45) is 0 Å². The molecule has 0 spiro atoms. The monoisotopic (exact) mass is 392 g/mol. The molecule has 2 amide bonds. The van der Waals surface area contributed by atoms with Crippen LogP contribution in [0.3, 0.4) is 0 Å². The van der Waals surface area contributed by atoms with Gasteiger partial charge in [0, 0.05) is 26.5 Å². The van der Waals surface area contributed by atoms with Gasteiger partial charge in [-0.15, -0.1) is 0 Å². The third-order valence-corrected chi connectivity index (χ3v) is 4.02. The quantitative estimate of drug-likeness (QED) is 0.156. The number of rotatable bonds is 11. The van der Waals surface area contributed by atoms with E-state index in [9.17, 15) is 29.7 Å². The maximum atomic E-state index is 12.0. The average molecular weight is 392 g/mol. The first kappa shape index (κ1) is 23.4. The molecular weight excluding hydrogens is 364 g/mol. The number of carbonyl (C=O) groups excluding carboxylic acids is 3. The van der Waals surface area contributed by atoms with E-state index in [-0.39, 0.29) is 13.2 Å². The average Bonchev–Trinajstić information content (AvgIpc) is 2.64. The van der Waals surface area contributed by atoms with E-state index < -0.39 is 55.2 Å². The summed E-state index contributed by atoms with van der Waals surface area (Å²) in [6.07, 6.45) is -4.51. The molecule has 6 N–H and O–H groups in total. The van der Waals surface area contributed by atoms with Crippen molar-refractivity contribution in [3.05, 3.63) is 0 Å². The van der Waals surface area contributed by atoms with Gasteiger partial charge in [-0.3, -0.25) is 9.59 Å². The van der Waals surface area contributed by atoms with E-state index >= 15 is 0 Å². The highest BCUT2D eigenvalue weighted by molar-refractivity contribution is 5.86. The van der Waals surface area contributed by atoms with Crippen molar-refractivity contribution in [2.75, 3.05) is 19.8 Å². The van der Waals surface area contributed by atoms with E-state index in [1.54, 1.807) is 0 Å². The van der Waals surface area contributed by atoms with Crippen LogP contribution in [0.5, 0.6) is 0 Å². The lowest BCUT2D eigenvalue weighted by Gasteiger charge is -2.40. The molecule has 11 heteroatoms. The van der Waals surface area contributed by atoms with Crippen LogP contribution in [0.1, 0.15) is 26.2 Å². The molecule has 0 bridgehead atoms. The fourth-order valence-electron chi connectivity index (χ4n) is 2.52. The highest BCUT2D eigenvalue weighted by Crippen LogP contribution is 2.22. The summed E-state index contributed by atoms with van der Waals surface area (Å²) in [6, 6.07) is -1.16. The molecule has 0 saturated carbocycles. The molecule has 0 aromatic heterocycles. The smallest absolute Gasteiger partial charge is 0.245 e. The van der Waals surface area contributed by atoms with Gasteiger partial charge in [0.25, 0.3) is 0 Å². The third kappa shape index (κ3) is 7.48. The van der Waals surface area contributed by atoms with Crippen molar-refractivity contribution in [3.8, 4) is 0 Å². The van der Waals surface area contributed by atoms with Gasteiger partial charge in [0.2, 0.25) is 11.8 Å². The molecule has 1 rings (SSSR count). The Bertz CT molecular complexity index is 491. The molecule has 0 aliphatic carbocycles. The van der Waals surface area contributed by atoms with E-state index in [1.807, 2.05) is 0 Å². The summed E-state index contributed by atoms with van der Waals surface area (Å²) in [5, 5.41) is 43.7. The number of amides is 2. The Kier molecular flexibility index (Phi) is 10.4. The Morgan fingerprint density at radius 3 is 2.48 bits per heavy atom. The van der Waals surface area contributed by atoms with Crippen molar-refractivity contribution in [3.63, 3.8) is 0 Å². The minimum absolute atomic E-state index is 0.173. The first-order chi connectivity index (χ1) is 12.8. The summed E-state index contributed by atoms with van der Waals surface area (Å²) in [5.74, 6) is -1.20. The zero-order valence-corrected chi connectivity index (χ0v) is 15.1. The molecule has 0 radical (unpaired) electrons. The zero-order chi connectivity index (χ0) is 20.4. The molecule has 1 aliphatic rings. The molecule has 27 heavy (non-hydrogen) atoms. The van der Waals surface area contributed by atoms with Crippen molar-refractivity contribution in [1.29, 1.82) is 0 Å². The number of ether oxygens (including phenoxy) is 2. The topological polar surface area (TPSA) is 175 Å². The lowest BCUT2D eigenvalue weighted by molar-refractivity contribution is -0.295. The second kappa shape index (κ2) is 12.0. The van der Waals surface area contributed by atoms with E-state index in [0.717, 1.165) is 6.29 Å². The van der Waals surface area contributed by atoms with Crippen LogP contribution in [0, 0.1) is 0 Å². The third-order valence-electron chi connectivity index (χ3n) is 4.02. The number of carbonyl (C=O) groups is 3. The van der Waals surface area contributed by atoms with E-state index in [2.05, 4.69) is 10.6 Å². The predicted octanol–water partition coefficient (Wildman–Crippen LogP) is -3.21. The lowest BCUT2D eigenvalue weighted by Crippen LogP contribution is -2.61. The fraction of sp³-hybridized carbons (Fsp3) is 0.812. The Balaban J connectivity index is 2.55. The van der Waals surface area contributed by atoms with Crippen LogP contribution in [0.2, 0.25) is 0 Å². The van der Waals surface area contributed by atoms with Crippen LogP contribution < -0.4 is 10.6 Å². The van der Waals surface area contributed by atoms with Gasteiger partial charge in [-0.1, -0.05) is 0 Å². The second-order valence-corrected chi connectivity index (χ2v) is 6.23. The summed E-state index contributed by atoms with van der Waals surface area (Å²) in [6.45, 7) is 0.503. The highest BCUT2D eigenvalue weighted by Gasteiger charge is 2.44. The summed E-state index contributed by atoms with van der Waals surface area (Å²) < 4.78 is 10.8. The van der Waals surface area contributed by atoms with Crippen LogP contribution in [-0.4, -0.2) is 95.0 Å². The number of nitrogens with one attached hydrogen (secondary N) is 2. The standard InChI is InChI=1S/C16H28N2O9/c1-9(21)18-10(8-20)15(25)17-7-11-12(22)13(23)14(24)16(27-11)26-6-4-2-3-5-19/h5,10-14,16,20,22-24H,2-4,6-8H2,1H3,(H,17,25)(H,18,21)/t10?,11?,12-,13?,14-,16+/m0/s1. The molecule has 11 nitrogen and oxygen atoms in total.